The average molecular weight is 679 g/mol. The van der Waals surface area contributed by atoms with E-state index in [9.17, 15) is 0 Å². The van der Waals surface area contributed by atoms with Crippen LogP contribution in [0.15, 0.2) is 206 Å². The zero-order chi connectivity index (χ0) is 44.2. The Kier molecular flexibility index (Phi) is 4.58. The van der Waals surface area contributed by atoms with Gasteiger partial charge in [0.1, 0.15) is 0 Å². The normalized spacial score (nSPS) is 15.2. The Morgan fingerprint density at radius 1 is 0.314 bits per heavy atom. The Bertz CT molecular complexity index is 3140. The molecular weight excluding hydrogens is 633 g/mol. The first-order chi connectivity index (χ1) is 30.2. The summed E-state index contributed by atoms with van der Waals surface area (Å²) in [5, 5.41) is 5.34. The number of nitrogens with zero attached hydrogens (tertiary/aromatic N) is 2. The zero-order valence-electron chi connectivity index (χ0n) is 39.1. The number of para-hydroxylation sites is 4. The molecule has 0 unspecified atom stereocenters. The van der Waals surface area contributed by atoms with Crippen molar-refractivity contribution < 1.29 is 16.4 Å². The molecule has 0 spiro atoms. The van der Waals surface area contributed by atoms with Crippen LogP contribution in [0.3, 0.4) is 0 Å². The van der Waals surface area contributed by atoms with Gasteiger partial charge in [-0.2, -0.15) is 0 Å². The van der Waals surface area contributed by atoms with Crippen LogP contribution in [-0.4, -0.2) is 17.2 Å². The van der Waals surface area contributed by atoms with Crippen LogP contribution in [0.5, 0.6) is 0 Å². The summed E-state index contributed by atoms with van der Waals surface area (Å²) < 4.78 is 107. The molecule has 0 N–H and O–H groups in total. The minimum absolute atomic E-state index is 0.149. The maximum absolute atomic E-state index is 8.85. The quantitative estimate of drug-likeness (QED) is 0.123. The first kappa shape index (κ1) is 19.7. The summed E-state index contributed by atoms with van der Waals surface area (Å²) >= 11 is 0. The van der Waals surface area contributed by atoms with Crippen molar-refractivity contribution in [2.45, 2.75) is 0 Å². The average Bonchev–Trinajstić information content (AvgIpc) is 3.79. The van der Waals surface area contributed by atoms with Crippen LogP contribution in [0.1, 0.15) is 16.4 Å². The minimum Gasteiger partial charge on any atom is -0.309 e. The van der Waals surface area contributed by atoms with Crippen LogP contribution in [-0.2, 0) is 0 Å². The molecule has 0 fully saturated rings. The maximum Gasteiger partial charge on any atom is 0.179 e. The van der Waals surface area contributed by atoms with E-state index in [2.05, 4.69) is 48.5 Å². The molecular formula is C48H34N2Si. The van der Waals surface area contributed by atoms with Crippen LogP contribution in [0, 0.1) is 0 Å². The van der Waals surface area contributed by atoms with Gasteiger partial charge in [0, 0.05) is 32.9 Å². The lowest BCUT2D eigenvalue weighted by atomic mass is 10.2. The molecule has 10 aromatic rings. The summed E-state index contributed by atoms with van der Waals surface area (Å²) in [5.74, 6) is 0. The second-order valence-electron chi connectivity index (χ2n) is 12.4. The molecule has 0 bridgehead atoms. The zero-order valence-corrected chi connectivity index (χ0v) is 28.1. The van der Waals surface area contributed by atoms with E-state index in [1.54, 1.807) is 9.13 Å². The third kappa shape index (κ3) is 4.49. The van der Waals surface area contributed by atoms with E-state index in [0.717, 1.165) is 20.7 Å². The standard InChI is InChI=1S/C48H34N2Si/c1-3-15-37(16-4-1)51(38-17-5-2-6-18-38,39-31-27-35(28-32-39)49-45-23-11-7-19-41(45)42-20-8-12-24-46(42)49)40-33-29-36(30-34-40)50-47-25-13-9-21-43(47)44-22-10-14-26-48(44)50/h1-34H/i7D,8D,9D,10D,11D,12D,13D,14D,19D,20D,21D,22D. The fourth-order valence-corrected chi connectivity index (χ4v) is 12.5. The van der Waals surface area contributed by atoms with E-state index in [0.29, 0.717) is 33.4 Å². The molecule has 0 amide bonds. The SMILES string of the molecule is [2H]c1cc2c(c([2H])c1[2H])c1c([2H])c([2H])c([2H])cc1n2-c1ccc([Si](c2ccccc2)(c2ccccc2)c2ccc(-n3c4cc([2H])c([2H])c([2H])c4c4c([2H])c([2H])c([2H])cc43)cc2)cc1. The first-order valence-corrected chi connectivity index (χ1v) is 18.6. The molecule has 2 nitrogen and oxygen atoms in total. The number of hydrogen-bond acceptors (Lipinski definition) is 0. The fraction of sp³-hybridized carbons (Fsp3) is 0. The lowest BCUT2D eigenvalue weighted by Crippen LogP contribution is -2.74. The lowest BCUT2D eigenvalue weighted by Gasteiger charge is -2.34. The van der Waals surface area contributed by atoms with E-state index in [1.165, 1.54) is 24.3 Å². The van der Waals surface area contributed by atoms with Gasteiger partial charge in [-0.25, -0.2) is 0 Å². The third-order valence-electron chi connectivity index (χ3n) is 9.89. The van der Waals surface area contributed by atoms with Crippen LogP contribution in [0.25, 0.3) is 55.0 Å². The molecule has 0 saturated carbocycles. The topological polar surface area (TPSA) is 9.86 Å². The van der Waals surface area contributed by atoms with E-state index in [-0.39, 0.29) is 94.1 Å². The highest BCUT2D eigenvalue weighted by molar-refractivity contribution is 7.19. The number of benzene rings is 8. The van der Waals surface area contributed by atoms with Crippen molar-refractivity contribution in [3.8, 4) is 11.4 Å². The highest BCUT2D eigenvalue weighted by atomic mass is 28.3. The van der Waals surface area contributed by atoms with E-state index < -0.39 is 8.07 Å². The molecule has 240 valence electrons. The van der Waals surface area contributed by atoms with Crippen molar-refractivity contribution in [3.63, 3.8) is 0 Å². The predicted octanol–water partition coefficient (Wildman–Crippen LogP) is 9.26. The highest BCUT2D eigenvalue weighted by Crippen LogP contribution is 2.33. The minimum atomic E-state index is -3.19. The smallest absolute Gasteiger partial charge is 0.179 e. The van der Waals surface area contributed by atoms with E-state index >= 15 is 0 Å². The van der Waals surface area contributed by atoms with Crippen LogP contribution in [0.2, 0.25) is 0 Å². The number of aromatic nitrogens is 2. The molecule has 2 heterocycles. The predicted molar refractivity (Wildman–Crippen MR) is 219 cm³/mol. The number of rotatable bonds is 6. The van der Waals surface area contributed by atoms with Crippen molar-refractivity contribution in [2.75, 3.05) is 0 Å². The molecule has 10 rings (SSSR count). The largest absolute Gasteiger partial charge is 0.309 e. The molecule has 0 radical (unpaired) electrons. The highest BCUT2D eigenvalue weighted by Gasteiger charge is 2.41. The molecule has 51 heavy (non-hydrogen) atoms. The maximum atomic E-state index is 8.85. The van der Waals surface area contributed by atoms with Crippen LogP contribution < -0.4 is 20.7 Å². The summed E-state index contributed by atoms with van der Waals surface area (Å²) in [4.78, 5) is 0. The van der Waals surface area contributed by atoms with Gasteiger partial charge in [0.2, 0.25) is 0 Å². The second-order valence-corrected chi connectivity index (χ2v) is 16.3. The fourth-order valence-electron chi connectivity index (χ4n) is 7.74. The van der Waals surface area contributed by atoms with E-state index in [4.69, 9.17) is 16.4 Å². The van der Waals surface area contributed by atoms with Gasteiger partial charge < -0.3 is 9.13 Å². The first-order valence-electron chi connectivity index (χ1n) is 22.6. The van der Waals surface area contributed by atoms with Crippen molar-refractivity contribution in [1.82, 2.24) is 9.13 Å². The Morgan fingerprint density at radius 3 is 0.922 bits per heavy atom. The van der Waals surface area contributed by atoms with Crippen LogP contribution in [0.4, 0.5) is 0 Å². The summed E-state index contributed by atoms with van der Waals surface area (Å²) in [7, 11) is -3.19. The Hall–Kier alpha value is -6.42. The molecule has 0 atom stereocenters. The Balaban J connectivity index is 1.22. The number of hydrogen-bond donors (Lipinski definition) is 0. The molecule has 3 heteroatoms. The summed E-state index contributed by atoms with van der Waals surface area (Å²) in [6, 6.07) is 40.1. The molecule has 0 aliphatic heterocycles. The van der Waals surface area contributed by atoms with Crippen molar-refractivity contribution in [3.05, 3.63) is 206 Å². The van der Waals surface area contributed by atoms with Crippen molar-refractivity contribution in [2.24, 2.45) is 0 Å². The second kappa shape index (κ2) is 11.9. The van der Waals surface area contributed by atoms with Crippen LogP contribution >= 0.6 is 0 Å². The van der Waals surface area contributed by atoms with Gasteiger partial charge in [-0.05, 0) is 69.3 Å². The molecule has 0 saturated heterocycles. The van der Waals surface area contributed by atoms with Gasteiger partial charge >= 0.3 is 0 Å². The molecule has 0 aliphatic carbocycles. The molecule has 8 aromatic carbocycles. The van der Waals surface area contributed by atoms with Gasteiger partial charge in [0.05, 0.1) is 38.5 Å². The van der Waals surface area contributed by atoms with Crippen molar-refractivity contribution >= 4 is 72.4 Å². The van der Waals surface area contributed by atoms with Gasteiger partial charge in [-0.15, -0.1) is 0 Å². The van der Waals surface area contributed by atoms with Gasteiger partial charge in [-0.1, -0.05) is 157 Å². The van der Waals surface area contributed by atoms with E-state index in [1.807, 2.05) is 60.7 Å². The van der Waals surface area contributed by atoms with Gasteiger partial charge in [-0.3, -0.25) is 0 Å². The molecule has 0 aliphatic rings. The summed E-state index contributed by atoms with van der Waals surface area (Å²) in [6.07, 6.45) is 0. The van der Waals surface area contributed by atoms with Gasteiger partial charge in [0.25, 0.3) is 0 Å². The summed E-state index contributed by atoms with van der Waals surface area (Å²) in [5.41, 5.74) is 3.02. The molecule has 2 aromatic heterocycles. The lowest BCUT2D eigenvalue weighted by molar-refractivity contribution is 1.18. The third-order valence-corrected chi connectivity index (χ3v) is 14.7. The monoisotopic (exact) mass is 678 g/mol. The van der Waals surface area contributed by atoms with Crippen molar-refractivity contribution in [1.29, 1.82) is 0 Å². The number of fused-ring (bicyclic) bond motifs is 6. The Labute approximate surface area is 315 Å². The Morgan fingerprint density at radius 2 is 0.608 bits per heavy atom. The summed E-state index contributed by atoms with van der Waals surface area (Å²) in [6.45, 7) is 0. The van der Waals surface area contributed by atoms with Gasteiger partial charge in [0.15, 0.2) is 8.07 Å².